The van der Waals surface area contributed by atoms with Crippen molar-refractivity contribution in [2.75, 3.05) is 4.90 Å². The van der Waals surface area contributed by atoms with E-state index < -0.39 is 0 Å². The molecule has 0 bridgehead atoms. The summed E-state index contributed by atoms with van der Waals surface area (Å²) in [4.78, 5) is 2.53. The minimum Gasteiger partial charge on any atom is -0.333 e. The number of allylic oxidation sites excluding steroid dienone is 2. The topological polar surface area (TPSA) is 8.17 Å². The van der Waals surface area contributed by atoms with Crippen molar-refractivity contribution in [3.05, 3.63) is 205 Å². The molecule has 0 radical (unpaired) electrons. The Bertz CT molecular complexity index is 2570. The maximum absolute atomic E-state index is 2.53. The Kier molecular flexibility index (Phi) is 6.67. The van der Waals surface area contributed by atoms with Crippen molar-refractivity contribution >= 4 is 38.8 Å². The van der Waals surface area contributed by atoms with Gasteiger partial charge < -0.3 is 9.47 Å². The van der Waals surface area contributed by atoms with E-state index in [2.05, 4.69) is 204 Å². The van der Waals surface area contributed by atoms with Gasteiger partial charge >= 0.3 is 0 Å². The molecule has 1 aromatic heterocycles. The molecular formula is C48H34N2. The molecule has 1 aliphatic heterocycles. The number of aromatic nitrogens is 1. The molecule has 50 heavy (non-hydrogen) atoms. The van der Waals surface area contributed by atoms with E-state index in [9.17, 15) is 0 Å². The van der Waals surface area contributed by atoms with Crippen molar-refractivity contribution in [2.24, 2.45) is 0 Å². The Morgan fingerprint density at radius 2 is 0.980 bits per heavy atom. The average Bonchev–Trinajstić information content (AvgIpc) is 3.71. The summed E-state index contributed by atoms with van der Waals surface area (Å²) in [6, 6.07) is 64.1. The summed E-state index contributed by atoms with van der Waals surface area (Å²) in [5, 5.41) is 2.54. The Morgan fingerprint density at radius 1 is 0.420 bits per heavy atom. The normalized spacial score (nSPS) is 16.4. The lowest BCUT2D eigenvalue weighted by Gasteiger charge is -2.30. The first-order valence-corrected chi connectivity index (χ1v) is 17.4. The van der Waals surface area contributed by atoms with Crippen molar-refractivity contribution in [1.82, 2.24) is 4.57 Å². The van der Waals surface area contributed by atoms with E-state index in [1.54, 1.807) is 0 Å². The lowest BCUT2D eigenvalue weighted by molar-refractivity contribution is 0.747. The van der Waals surface area contributed by atoms with Crippen molar-refractivity contribution in [3.63, 3.8) is 0 Å². The van der Waals surface area contributed by atoms with Crippen LogP contribution in [0.2, 0.25) is 0 Å². The first-order valence-electron chi connectivity index (χ1n) is 17.4. The van der Waals surface area contributed by atoms with Gasteiger partial charge in [0.1, 0.15) is 0 Å². The van der Waals surface area contributed by atoms with E-state index >= 15 is 0 Å². The summed E-state index contributed by atoms with van der Waals surface area (Å²) < 4.78 is 2.42. The average molecular weight is 639 g/mol. The molecular weight excluding hydrogens is 605 g/mol. The van der Waals surface area contributed by atoms with Crippen LogP contribution in [0.25, 0.3) is 55.3 Å². The zero-order valence-electron chi connectivity index (χ0n) is 27.5. The van der Waals surface area contributed by atoms with Gasteiger partial charge in [0.15, 0.2) is 0 Å². The number of benzene rings is 7. The minimum absolute atomic E-state index is 0.182. The standard InChI is InChI=1S/C48H34N2/c1-3-11-33(12-4-1)35-19-25-39(26-20-35)49-45-17-9-7-15-41(45)43-29-23-37(31-47(43)49)38-24-30-44-42-16-8-10-18-46(42)50(48(44)32-38)40-27-21-36(22-28-40)34-13-5-2-6-14-34/h1-32,43,47H. The fourth-order valence-electron chi connectivity index (χ4n) is 8.15. The van der Waals surface area contributed by atoms with Gasteiger partial charge in [-0.1, -0.05) is 152 Å². The number of fused-ring (bicyclic) bond motifs is 6. The highest BCUT2D eigenvalue weighted by atomic mass is 15.2. The Hall–Kier alpha value is -6.38. The third-order valence-corrected chi connectivity index (χ3v) is 10.5. The van der Waals surface area contributed by atoms with Crippen molar-refractivity contribution in [3.8, 4) is 27.9 Å². The first-order chi connectivity index (χ1) is 24.8. The van der Waals surface area contributed by atoms with Crippen LogP contribution in [0.1, 0.15) is 17.0 Å². The second-order valence-corrected chi connectivity index (χ2v) is 13.3. The van der Waals surface area contributed by atoms with Crippen LogP contribution in [0.4, 0.5) is 11.4 Å². The van der Waals surface area contributed by atoms with Crippen LogP contribution in [-0.2, 0) is 0 Å². The molecule has 0 fully saturated rings. The van der Waals surface area contributed by atoms with Crippen LogP contribution in [0.5, 0.6) is 0 Å². The fraction of sp³-hybridized carbons (Fsp3) is 0.0417. The van der Waals surface area contributed by atoms with E-state index in [-0.39, 0.29) is 6.04 Å². The first kappa shape index (κ1) is 28.6. The third-order valence-electron chi connectivity index (χ3n) is 10.5. The van der Waals surface area contributed by atoms with Gasteiger partial charge in [-0.3, -0.25) is 0 Å². The van der Waals surface area contributed by atoms with Gasteiger partial charge in [0.05, 0.1) is 17.1 Å². The number of para-hydroxylation sites is 2. The molecule has 8 aromatic rings. The molecule has 2 aliphatic rings. The van der Waals surface area contributed by atoms with Crippen LogP contribution < -0.4 is 4.90 Å². The Morgan fingerprint density at radius 3 is 1.70 bits per heavy atom. The molecule has 1 aliphatic carbocycles. The van der Waals surface area contributed by atoms with Gasteiger partial charge in [-0.25, -0.2) is 0 Å². The lowest BCUT2D eigenvalue weighted by Crippen LogP contribution is -2.29. The molecule has 2 nitrogen and oxygen atoms in total. The van der Waals surface area contributed by atoms with Gasteiger partial charge in [-0.15, -0.1) is 0 Å². The highest BCUT2D eigenvalue weighted by Crippen LogP contribution is 2.49. The lowest BCUT2D eigenvalue weighted by atomic mass is 9.86. The summed E-state index contributed by atoms with van der Waals surface area (Å²) in [5.74, 6) is 0.294. The zero-order chi connectivity index (χ0) is 33.0. The Labute approximate surface area is 292 Å². The zero-order valence-corrected chi connectivity index (χ0v) is 27.5. The van der Waals surface area contributed by atoms with Crippen LogP contribution in [0, 0.1) is 0 Å². The second kappa shape index (κ2) is 11.6. The van der Waals surface area contributed by atoms with E-state index in [1.165, 1.54) is 72.1 Å². The number of hydrogen-bond acceptors (Lipinski definition) is 1. The van der Waals surface area contributed by atoms with Crippen LogP contribution in [0.3, 0.4) is 0 Å². The van der Waals surface area contributed by atoms with E-state index in [0.29, 0.717) is 5.92 Å². The monoisotopic (exact) mass is 638 g/mol. The molecule has 7 aromatic carbocycles. The molecule has 0 N–H and O–H groups in total. The van der Waals surface area contributed by atoms with Gasteiger partial charge in [-0.2, -0.15) is 0 Å². The fourth-order valence-corrected chi connectivity index (χ4v) is 8.15. The van der Waals surface area contributed by atoms with Gasteiger partial charge in [0, 0.05) is 33.8 Å². The molecule has 2 heteroatoms. The van der Waals surface area contributed by atoms with Gasteiger partial charge in [-0.05, 0) is 81.4 Å². The summed E-state index contributed by atoms with van der Waals surface area (Å²) in [7, 11) is 0. The number of nitrogens with zero attached hydrogens (tertiary/aromatic N) is 2. The number of rotatable bonds is 5. The van der Waals surface area contributed by atoms with Crippen LogP contribution >= 0.6 is 0 Å². The minimum atomic E-state index is 0.182. The van der Waals surface area contributed by atoms with Crippen molar-refractivity contribution in [2.45, 2.75) is 12.0 Å². The predicted molar refractivity (Wildman–Crippen MR) is 210 cm³/mol. The molecule has 0 saturated carbocycles. The van der Waals surface area contributed by atoms with E-state index in [1.807, 2.05) is 0 Å². The molecule has 236 valence electrons. The smallest absolute Gasteiger partial charge is 0.0635 e. The van der Waals surface area contributed by atoms with E-state index in [0.717, 1.165) is 5.69 Å². The largest absolute Gasteiger partial charge is 0.333 e. The molecule has 10 rings (SSSR count). The maximum Gasteiger partial charge on any atom is 0.0635 e. The third kappa shape index (κ3) is 4.64. The number of anilines is 2. The van der Waals surface area contributed by atoms with Gasteiger partial charge in [0.2, 0.25) is 0 Å². The van der Waals surface area contributed by atoms with Crippen LogP contribution in [-0.4, -0.2) is 10.6 Å². The van der Waals surface area contributed by atoms with Gasteiger partial charge in [0.25, 0.3) is 0 Å². The second-order valence-electron chi connectivity index (χ2n) is 13.3. The summed E-state index contributed by atoms with van der Waals surface area (Å²) in [6.07, 6.45) is 7.24. The maximum atomic E-state index is 2.53. The Balaban J connectivity index is 1.06. The predicted octanol–water partition coefficient (Wildman–Crippen LogP) is 12.4. The highest BCUT2D eigenvalue weighted by molar-refractivity contribution is 6.10. The molecule has 2 atom stereocenters. The summed E-state index contributed by atoms with van der Waals surface area (Å²) >= 11 is 0. The molecule has 0 saturated heterocycles. The molecule has 2 unspecified atom stereocenters. The summed E-state index contributed by atoms with van der Waals surface area (Å²) in [6.45, 7) is 0. The summed E-state index contributed by atoms with van der Waals surface area (Å²) in [5.41, 5.74) is 14.9. The quantitative estimate of drug-likeness (QED) is 0.182. The molecule has 0 amide bonds. The van der Waals surface area contributed by atoms with E-state index in [4.69, 9.17) is 0 Å². The number of hydrogen-bond donors (Lipinski definition) is 0. The molecule has 0 spiro atoms. The molecule has 2 heterocycles. The highest BCUT2D eigenvalue weighted by Gasteiger charge is 2.38. The SMILES string of the molecule is C1=CC2c3ccccc3N(c3ccc(-c4ccccc4)cc3)C2C=C1c1ccc2c3ccccc3n(-c3ccc(-c4ccccc4)cc3)c2c1. The van der Waals surface area contributed by atoms with Crippen molar-refractivity contribution < 1.29 is 0 Å². The van der Waals surface area contributed by atoms with Crippen molar-refractivity contribution in [1.29, 1.82) is 0 Å². The van der Waals surface area contributed by atoms with Crippen LogP contribution in [0.15, 0.2) is 194 Å².